The van der Waals surface area contributed by atoms with Crippen molar-refractivity contribution in [3.63, 3.8) is 0 Å². The normalized spacial score (nSPS) is 12.8. The summed E-state index contributed by atoms with van der Waals surface area (Å²) in [5, 5.41) is 3.53. The van der Waals surface area contributed by atoms with Gasteiger partial charge in [-0.3, -0.25) is 4.98 Å². The first-order chi connectivity index (χ1) is 8.17. The lowest BCUT2D eigenvalue weighted by Gasteiger charge is -2.21. The molecule has 1 heterocycles. The van der Waals surface area contributed by atoms with Gasteiger partial charge < -0.3 is 10.1 Å². The number of hydrogen-bond donors (Lipinski definition) is 1. The highest BCUT2D eigenvalue weighted by atomic mass is 16.5. The summed E-state index contributed by atoms with van der Waals surface area (Å²) in [6, 6.07) is 2.64. The van der Waals surface area contributed by atoms with Crippen LogP contribution in [0.2, 0.25) is 0 Å². The number of nitrogens with one attached hydrogen (secondary N) is 1. The molecule has 0 spiro atoms. The van der Waals surface area contributed by atoms with Crippen molar-refractivity contribution in [2.75, 3.05) is 13.7 Å². The van der Waals surface area contributed by atoms with Crippen molar-refractivity contribution in [2.45, 2.75) is 39.7 Å². The standard InChI is InChI=1S/C14H24N2O/c1-5-16-14(11(2)3)7-6-12-8-13(17-4)10-15-9-12/h8-11,14,16H,5-7H2,1-4H3. The van der Waals surface area contributed by atoms with Crippen molar-refractivity contribution in [1.29, 1.82) is 0 Å². The summed E-state index contributed by atoms with van der Waals surface area (Å²) in [5.41, 5.74) is 1.24. The maximum atomic E-state index is 5.18. The second-order valence-electron chi connectivity index (χ2n) is 4.68. The first kappa shape index (κ1) is 14.0. The molecule has 3 heteroatoms. The lowest BCUT2D eigenvalue weighted by molar-refractivity contribution is 0.384. The van der Waals surface area contributed by atoms with Crippen LogP contribution >= 0.6 is 0 Å². The van der Waals surface area contributed by atoms with Crippen LogP contribution in [0.3, 0.4) is 0 Å². The van der Waals surface area contributed by atoms with Crippen LogP contribution in [0, 0.1) is 5.92 Å². The highest BCUT2D eigenvalue weighted by molar-refractivity contribution is 5.23. The van der Waals surface area contributed by atoms with Gasteiger partial charge in [0.1, 0.15) is 5.75 Å². The molecule has 0 aliphatic rings. The molecule has 96 valence electrons. The van der Waals surface area contributed by atoms with Gasteiger partial charge in [-0.25, -0.2) is 0 Å². The first-order valence-corrected chi connectivity index (χ1v) is 6.38. The summed E-state index contributed by atoms with van der Waals surface area (Å²) >= 11 is 0. The summed E-state index contributed by atoms with van der Waals surface area (Å²) in [7, 11) is 1.68. The van der Waals surface area contributed by atoms with Gasteiger partial charge in [0.05, 0.1) is 13.3 Å². The molecule has 0 amide bonds. The molecular weight excluding hydrogens is 212 g/mol. The lowest BCUT2D eigenvalue weighted by atomic mass is 9.97. The van der Waals surface area contributed by atoms with Crippen LogP contribution < -0.4 is 10.1 Å². The van der Waals surface area contributed by atoms with E-state index < -0.39 is 0 Å². The van der Waals surface area contributed by atoms with Gasteiger partial charge in [-0.05, 0) is 36.9 Å². The number of methoxy groups -OCH3 is 1. The lowest BCUT2D eigenvalue weighted by Crippen LogP contribution is -2.34. The van der Waals surface area contributed by atoms with Crippen molar-refractivity contribution < 1.29 is 4.74 Å². The summed E-state index contributed by atoms with van der Waals surface area (Å²) in [6.07, 6.45) is 5.85. The predicted molar refractivity (Wildman–Crippen MR) is 71.4 cm³/mol. The molecule has 3 nitrogen and oxygen atoms in total. The van der Waals surface area contributed by atoms with Gasteiger partial charge in [0, 0.05) is 12.2 Å². The SMILES string of the molecule is CCNC(CCc1cncc(OC)c1)C(C)C. The number of pyridine rings is 1. The Morgan fingerprint density at radius 2 is 2.12 bits per heavy atom. The maximum absolute atomic E-state index is 5.18. The van der Waals surface area contributed by atoms with Crippen molar-refractivity contribution in [2.24, 2.45) is 5.92 Å². The number of hydrogen-bond acceptors (Lipinski definition) is 3. The third-order valence-corrected chi connectivity index (χ3v) is 3.02. The largest absolute Gasteiger partial charge is 0.495 e. The van der Waals surface area contributed by atoms with E-state index in [4.69, 9.17) is 4.74 Å². The summed E-state index contributed by atoms with van der Waals surface area (Å²) in [4.78, 5) is 4.18. The number of rotatable bonds is 7. The minimum Gasteiger partial charge on any atom is -0.495 e. The second kappa shape index (κ2) is 7.28. The van der Waals surface area contributed by atoms with E-state index in [1.165, 1.54) is 5.56 Å². The van der Waals surface area contributed by atoms with Crippen molar-refractivity contribution in [3.05, 3.63) is 24.0 Å². The van der Waals surface area contributed by atoms with Gasteiger partial charge in [0.25, 0.3) is 0 Å². The van der Waals surface area contributed by atoms with Crippen LogP contribution in [0.15, 0.2) is 18.5 Å². The van der Waals surface area contributed by atoms with Gasteiger partial charge in [0.15, 0.2) is 0 Å². The smallest absolute Gasteiger partial charge is 0.137 e. The maximum Gasteiger partial charge on any atom is 0.137 e. The van der Waals surface area contributed by atoms with Crippen LogP contribution in [0.5, 0.6) is 5.75 Å². The molecule has 1 N–H and O–H groups in total. The fraction of sp³-hybridized carbons (Fsp3) is 0.643. The van der Waals surface area contributed by atoms with Crippen molar-refractivity contribution in [1.82, 2.24) is 10.3 Å². The van der Waals surface area contributed by atoms with Crippen molar-refractivity contribution in [3.8, 4) is 5.75 Å². The van der Waals surface area contributed by atoms with Crippen molar-refractivity contribution >= 4 is 0 Å². The Kier molecular flexibility index (Phi) is 5.98. The summed E-state index contributed by atoms with van der Waals surface area (Å²) < 4.78 is 5.18. The van der Waals surface area contributed by atoms with E-state index in [1.54, 1.807) is 13.3 Å². The van der Waals surface area contributed by atoms with Gasteiger partial charge in [-0.2, -0.15) is 0 Å². The molecular formula is C14H24N2O. The van der Waals surface area contributed by atoms with E-state index in [0.717, 1.165) is 25.1 Å². The third kappa shape index (κ3) is 4.73. The Morgan fingerprint density at radius 1 is 1.35 bits per heavy atom. The summed E-state index contributed by atoms with van der Waals surface area (Å²) in [6.45, 7) is 7.70. The van der Waals surface area contributed by atoms with Gasteiger partial charge >= 0.3 is 0 Å². The molecule has 0 bridgehead atoms. The van der Waals surface area contributed by atoms with Gasteiger partial charge in [-0.1, -0.05) is 20.8 Å². The predicted octanol–water partition coefficient (Wildman–Crippen LogP) is 2.66. The molecule has 1 unspecified atom stereocenters. The highest BCUT2D eigenvalue weighted by Crippen LogP contribution is 2.14. The number of ether oxygens (including phenoxy) is 1. The topological polar surface area (TPSA) is 34.2 Å². The van der Waals surface area contributed by atoms with Crippen LogP contribution in [0.1, 0.15) is 32.8 Å². The van der Waals surface area contributed by atoms with Crippen LogP contribution in [-0.2, 0) is 6.42 Å². The molecule has 0 aromatic carbocycles. The Morgan fingerprint density at radius 3 is 2.71 bits per heavy atom. The van der Waals surface area contributed by atoms with Gasteiger partial charge in [-0.15, -0.1) is 0 Å². The fourth-order valence-corrected chi connectivity index (χ4v) is 1.97. The van der Waals surface area contributed by atoms with Gasteiger partial charge in [0.2, 0.25) is 0 Å². The Balaban J connectivity index is 2.52. The van der Waals surface area contributed by atoms with E-state index in [9.17, 15) is 0 Å². The molecule has 0 radical (unpaired) electrons. The highest BCUT2D eigenvalue weighted by Gasteiger charge is 2.11. The summed E-state index contributed by atoms with van der Waals surface area (Å²) in [5.74, 6) is 1.50. The molecule has 0 aliphatic carbocycles. The minimum atomic E-state index is 0.575. The Bertz CT molecular complexity index is 326. The number of nitrogens with zero attached hydrogens (tertiary/aromatic N) is 1. The van der Waals surface area contributed by atoms with E-state index in [2.05, 4.69) is 37.1 Å². The monoisotopic (exact) mass is 236 g/mol. The molecule has 0 fully saturated rings. The molecule has 0 saturated heterocycles. The van der Waals surface area contributed by atoms with E-state index in [-0.39, 0.29) is 0 Å². The number of aromatic nitrogens is 1. The zero-order chi connectivity index (χ0) is 12.7. The number of aryl methyl sites for hydroxylation is 1. The molecule has 1 rings (SSSR count). The zero-order valence-electron chi connectivity index (χ0n) is 11.4. The average Bonchev–Trinajstić information content (AvgIpc) is 2.34. The van der Waals surface area contributed by atoms with E-state index in [0.29, 0.717) is 12.0 Å². The molecule has 0 aliphatic heterocycles. The van der Waals surface area contributed by atoms with Crippen LogP contribution in [0.25, 0.3) is 0 Å². The fourth-order valence-electron chi connectivity index (χ4n) is 1.97. The Hall–Kier alpha value is -1.09. The van der Waals surface area contributed by atoms with Crippen LogP contribution in [-0.4, -0.2) is 24.7 Å². The molecule has 1 atom stereocenters. The first-order valence-electron chi connectivity index (χ1n) is 6.38. The molecule has 1 aromatic heterocycles. The molecule has 1 aromatic rings. The quantitative estimate of drug-likeness (QED) is 0.790. The average molecular weight is 236 g/mol. The zero-order valence-corrected chi connectivity index (χ0v) is 11.4. The third-order valence-electron chi connectivity index (χ3n) is 3.02. The molecule has 17 heavy (non-hydrogen) atoms. The molecule has 0 saturated carbocycles. The Labute approximate surface area is 105 Å². The minimum absolute atomic E-state index is 0.575. The van der Waals surface area contributed by atoms with Crippen LogP contribution in [0.4, 0.5) is 0 Å². The van der Waals surface area contributed by atoms with E-state index >= 15 is 0 Å². The second-order valence-corrected chi connectivity index (χ2v) is 4.68. The van der Waals surface area contributed by atoms with E-state index in [1.807, 2.05) is 6.20 Å².